The molecule has 26 heavy (non-hydrogen) atoms. The minimum Gasteiger partial charge on any atom is -0.495 e. The number of fused-ring (bicyclic) bond motifs is 1. The van der Waals surface area contributed by atoms with Gasteiger partial charge in [0.15, 0.2) is 5.75 Å². The highest BCUT2D eigenvalue weighted by atomic mass is 16.5. The number of ether oxygens (including phenoxy) is 2. The third-order valence-corrected chi connectivity index (χ3v) is 4.28. The summed E-state index contributed by atoms with van der Waals surface area (Å²) >= 11 is 0. The van der Waals surface area contributed by atoms with Gasteiger partial charge < -0.3 is 19.8 Å². The van der Waals surface area contributed by atoms with Gasteiger partial charge in [0.2, 0.25) is 0 Å². The summed E-state index contributed by atoms with van der Waals surface area (Å²) in [5, 5.41) is 0.780. The topological polar surface area (TPSA) is 83.5 Å². The van der Waals surface area contributed by atoms with Gasteiger partial charge in [-0.3, -0.25) is 9.59 Å². The Morgan fingerprint density at radius 2 is 1.85 bits per heavy atom. The quantitative estimate of drug-likeness (QED) is 0.443. The van der Waals surface area contributed by atoms with Crippen molar-refractivity contribution in [2.24, 2.45) is 7.05 Å². The fourth-order valence-corrected chi connectivity index (χ4v) is 2.97. The number of methoxy groups -OCH3 is 1. The number of nitrogens with zero attached hydrogens (tertiary/aromatic N) is 1. The van der Waals surface area contributed by atoms with E-state index in [0.717, 1.165) is 10.9 Å². The van der Waals surface area contributed by atoms with E-state index in [1.54, 1.807) is 36.7 Å². The molecule has 0 aliphatic carbocycles. The molecule has 0 saturated heterocycles. The van der Waals surface area contributed by atoms with Crippen LogP contribution in [0.25, 0.3) is 22.0 Å². The second-order valence-electron chi connectivity index (χ2n) is 5.84. The van der Waals surface area contributed by atoms with E-state index in [4.69, 9.17) is 15.2 Å². The van der Waals surface area contributed by atoms with E-state index >= 15 is 0 Å². The van der Waals surface area contributed by atoms with Gasteiger partial charge in [0.25, 0.3) is 5.56 Å². The molecule has 1 heterocycles. The number of anilines is 1. The van der Waals surface area contributed by atoms with E-state index in [9.17, 15) is 9.59 Å². The fraction of sp³-hybridized carbons (Fsp3) is 0.200. The van der Waals surface area contributed by atoms with Gasteiger partial charge in [-0.05, 0) is 18.2 Å². The lowest BCUT2D eigenvalue weighted by Gasteiger charge is -2.17. The predicted molar refractivity (Wildman–Crippen MR) is 102 cm³/mol. The minimum atomic E-state index is -0.430. The molecule has 134 valence electrons. The molecule has 0 radical (unpaired) electrons. The summed E-state index contributed by atoms with van der Waals surface area (Å²) in [5.41, 5.74) is 7.52. The van der Waals surface area contributed by atoms with Gasteiger partial charge in [0, 0.05) is 24.4 Å². The number of carbonyl (C=O) groups is 1. The number of esters is 1. The van der Waals surface area contributed by atoms with Crippen molar-refractivity contribution in [1.82, 2.24) is 4.57 Å². The second-order valence-corrected chi connectivity index (χ2v) is 5.84. The molecule has 3 aromatic rings. The Balaban J connectivity index is 2.40. The first-order valence-corrected chi connectivity index (χ1v) is 8.24. The highest BCUT2D eigenvalue weighted by Crippen LogP contribution is 2.40. The minimum absolute atomic E-state index is 0.171. The number of aryl methyl sites for hydroxylation is 1. The van der Waals surface area contributed by atoms with Crippen LogP contribution >= 0.6 is 0 Å². The van der Waals surface area contributed by atoms with E-state index < -0.39 is 5.97 Å². The number of para-hydroxylation sites is 2. The number of carbonyl (C=O) groups excluding carboxylic acids is 1. The van der Waals surface area contributed by atoms with Crippen molar-refractivity contribution in [1.29, 1.82) is 0 Å². The fourth-order valence-electron chi connectivity index (χ4n) is 2.97. The van der Waals surface area contributed by atoms with E-state index in [1.165, 1.54) is 7.11 Å². The molecule has 0 unspecified atom stereocenters. The number of pyridine rings is 1. The van der Waals surface area contributed by atoms with Crippen LogP contribution in [0.3, 0.4) is 0 Å². The maximum atomic E-state index is 13.1. The van der Waals surface area contributed by atoms with Crippen molar-refractivity contribution >= 4 is 22.6 Å². The molecule has 1 aromatic heterocycles. The Kier molecular flexibility index (Phi) is 4.67. The van der Waals surface area contributed by atoms with Crippen LogP contribution in [-0.2, 0) is 11.8 Å². The van der Waals surface area contributed by atoms with Crippen LogP contribution in [0.5, 0.6) is 11.5 Å². The average Bonchev–Trinajstić information content (AvgIpc) is 2.66. The first kappa shape index (κ1) is 17.5. The van der Waals surface area contributed by atoms with Crippen molar-refractivity contribution in [3.05, 3.63) is 52.8 Å². The van der Waals surface area contributed by atoms with Crippen molar-refractivity contribution in [3.8, 4) is 22.6 Å². The first-order valence-electron chi connectivity index (χ1n) is 8.24. The molecule has 3 rings (SSSR count). The van der Waals surface area contributed by atoms with Crippen LogP contribution in [0.4, 0.5) is 5.69 Å². The summed E-state index contributed by atoms with van der Waals surface area (Å²) in [6.07, 6.45) is 0.195. The summed E-state index contributed by atoms with van der Waals surface area (Å²) < 4.78 is 12.5. The molecule has 0 saturated carbocycles. The number of rotatable bonds is 4. The molecular weight excluding hydrogens is 332 g/mol. The van der Waals surface area contributed by atoms with E-state index in [-0.39, 0.29) is 23.4 Å². The summed E-state index contributed by atoms with van der Waals surface area (Å²) in [6.45, 7) is 1.69. The Morgan fingerprint density at radius 1 is 1.12 bits per heavy atom. The lowest BCUT2D eigenvalue weighted by Crippen LogP contribution is -2.21. The molecule has 6 nitrogen and oxygen atoms in total. The third-order valence-electron chi connectivity index (χ3n) is 4.28. The van der Waals surface area contributed by atoms with Gasteiger partial charge in [-0.15, -0.1) is 0 Å². The second kappa shape index (κ2) is 6.92. The Bertz CT molecular complexity index is 1050. The molecule has 2 N–H and O–H groups in total. The molecule has 0 amide bonds. The SMILES string of the molecule is CCC(=O)Oc1c(N)cccc1-c1c(OC)c2ccccc2n(C)c1=O. The van der Waals surface area contributed by atoms with Crippen LogP contribution in [0.2, 0.25) is 0 Å². The first-order chi connectivity index (χ1) is 12.5. The highest BCUT2D eigenvalue weighted by Gasteiger charge is 2.22. The Morgan fingerprint density at radius 3 is 2.54 bits per heavy atom. The zero-order valence-corrected chi connectivity index (χ0v) is 14.9. The maximum absolute atomic E-state index is 13.1. The van der Waals surface area contributed by atoms with Gasteiger partial charge in [-0.25, -0.2) is 0 Å². The van der Waals surface area contributed by atoms with Gasteiger partial charge in [0.05, 0.1) is 23.9 Å². The lowest BCUT2D eigenvalue weighted by molar-refractivity contribution is -0.133. The number of benzene rings is 2. The molecule has 0 aliphatic rings. The van der Waals surface area contributed by atoms with E-state index in [2.05, 4.69) is 0 Å². The lowest BCUT2D eigenvalue weighted by atomic mass is 10.0. The number of hydrogen-bond acceptors (Lipinski definition) is 5. The van der Waals surface area contributed by atoms with Crippen LogP contribution in [0, 0.1) is 0 Å². The summed E-state index contributed by atoms with van der Waals surface area (Å²) in [4.78, 5) is 24.9. The molecular formula is C20H20N2O4. The molecule has 0 fully saturated rings. The van der Waals surface area contributed by atoms with Crippen LogP contribution < -0.4 is 20.8 Å². The standard InChI is InChI=1S/C20H20N2O4/c1-4-16(23)26-18-13(9-7-10-14(18)21)17-19(25-3)12-8-5-6-11-15(12)22(2)20(17)24/h5-11H,4,21H2,1-3H3. The average molecular weight is 352 g/mol. The number of aromatic nitrogens is 1. The number of nitrogen functional groups attached to an aromatic ring is 1. The highest BCUT2D eigenvalue weighted by molar-refractivity contribution is 5.95. The van der Waals surface area contributed by atoms with E-state index in [0.29, 0.717) is 16.9 Å². The summed E-state index contributed by atoms with van der Waals surface area (Å²) in [7, 11) is 3.20. The Labute approximate surface area is 150 Å². The maximum Gasteiger partial charge on any atom is 0.310 e. The van der Waals surface area contributed by atoms with Gasteiger partial charge in [-0.1, -0.05) is 31.2 Å². The predicted octanol–water partition coefficient (Wildman–Crippen LogP) is 3.11. The number of hydrogen-bond donors (Lipinski definition) is 1. The van der Waals surface area contributed by atoms with Gasteiger partial charge in [-0.2, -0.15) is 0 Å². The molecule has 0 bridgehead atoms. The van der Waals surface area contributed by atoms with Crippen LogP contribution in [0.1, 0.15) is 13.3 Å². The summed E-state index contributed by atoms with van der Waals surface area (Å²) in [6, 6.07) is 12.5. The van der Waals surface area contributed by atoms with Crippen molar-refractivity contribution in [2.75, 3.05) is 12.8 Å². The monoisotopic (exact) mass is 352 g/mol. The molecule has 2 aromatic carbocycles. The van der Waals surface area contributed by atoms with E-state index in [1.807, 2.05) is 24.3 Å². The van der Waals surface area contributed by atoms with Crippen molar-refractivity contribution < 1.29 is 14.3 Å². The zero-order chi connectivity index (χ0) is 18.8. The summed E-state index contributed by atoms with van der Waals surface area (Å²) in [5.74, 6) is 0.161. The molecule has 0 atom stereocenters. The largest absolute Gasteiger partial charge is 0.495 e. The third kappa shape index (κ3) is 2.79. The molecule has 0 aliphatic heterocycles. The smallest absolute Gasteiger partial charge is 0.310 e. The van der Waals surface area contributed by atoms with Gasteiger partial charge >= 0.3 is 5.97 Å². The van der Waals surface area contributed by atoms with Crippen LogP contribution in [-0.4, -0.2) is 17.6 Å². The molecule has 0 spiro atoms. The van der Waals surface area contributed by atoms with Crippen molar-refractivity contribution in [3.63, 3.8) is 0 Å². The van der Waals surface area contributed by atoms with Crippen molar-refractivity contribution in [2.45, 2.75) is 13.3 Å². The zero-order valence-electron chi connectivity index (χ0n) is 14.9. The Hall–Kier alpha value is -3.28. The normalized spacial score (nSPS) is 10.7. The van der Waals surface area contributed by atoms with Gasteiger partial charge in [0.1, 0.15) is 5.75 Å². The van der Waals surface area contributed by atoms with Crippen LogP contribution in [0.15, 0.2) is 47.3 Å². The molecule has 6 heteroatoms. The number of nitrogens with two attached hydrogens (primary N) is 1.